The van der Waals surface area contributed by atoms with Crippen LogP contribution in [0.25, 0.3) is 22.8 Å². The predicted molar refractivity (Wildman–Crippen MR) is 97.7 cm³/mol. The minimum atomic E-state index is 0.126. The van der Waals surface area contributed by atoms with Crippen LogP contribution in [0.4, 0.5) is 5.95 Å². The van der Waals surface area contributed by atoms with Crippen LogP contribution >= 0.6 is 0 Å². The molecule has 0 bridgehead atoms. The Bertz CT molecular complexity index is 909. The molecule has 3 aromatic rings. The third kappa shape index (κ3) is 3.40. The second kappa shape index (κ2) is 6.93. The van der Waals surface area contributed by atoms with E-state index in [9.17, 15) is 0 Å². The molecular weight excluding hydrogens is 330 g/mol. The fourth-order valence-corrected chi connectivity index (χ4v) is 2.75. The van der Waals surface area contributed by atoms with Gasteiger partial charge < -0.3 is 14.8 Å². The van der Waals surface area contributed by atoms with Gasteiger partial charge >= 0.3 is 0 Å². The Morgan fingerprint density at radius 3 is 2.65 bits per heavy atom. The van der Waals surface area contributed by atoms with Crippen molar-refractivity contribution >= 4 is 5.95 Å². The summed E-state index contributed by atoms with van der Waals surface area (Å²) in [6.45, 7) is 2.08. The molecule has 0 saturated carbocycles. The molecule has 132 valence electrons. The van der Waals surface area contributed by atoms with E-state index < -0.39 is 0 Å². The van der Waals surface area contributed by atoms with Gasteiger partial charge in [-0.2, -0.15) is 0 Å². The highest BCUT2D eigenvalue weighted by Crippen LogP contribution is 2.21. The summed E-state index contributed by atoms with van der Waals surface area (Å²) >= 11 is 0. The van der Waals surface area contributed by atoms with Crippen molar-refractivity contribution in [2.24, 2.45) is 0 Å². The molecule has 26 heavy (non-hydrogen) atoms. The van der Waals surface area contributed by atoms with E-state index in [-0.39, 0.29) is 12.1 Å². The van der Waals surface area contributed by atoms with Gasteiger partial charge in [0.2, 0.25) is 5.95 Å². The molecular formula is C18H19N7O. The van der Waals surface area contributed by atoms with Crippen LogP contribution in [0.2, 0.25) is 0 Å². The van der Waals surface area contributed by atoms with Crippen molar-refractivity contribution in [3.05, 3.63) is 55.1 Å². The second-order valence-corrected chi connectivity index (χ2v) is 6.10. The van der Waals surface area contributed by atoms with Crippen molar-refractivity contribution < 1.29 is 4.52 Å². The maximum atomic E-state index is 4.89. The second-order valence-electron chi connectivity index (χ2n) is 6.10. The molecule has 0 aliphatic carbocycles. The molecule has 2 atom stereocenters. The van der Waals surface area contributed by atoms with E-state index in [1.54, 1.807) is 12.3 Å². The maximum absolute atomic E-state index is 4.89. The van der Waals surface area contributed by atoms with E-state index in [2.05, 4.69) is 43.9 Å². The monoisotopic (exact) mass is 349 g/mol. The molecule has 4 rings (SSSR count). The molecule has 1 aliphatic heterocycles. The Balaban J connectivity index is 1.54. The van der Waals surface area contributed by atoms with Crippen molar-refractivity contribution in [2.75, 3.05) is 12.4 Å². The highest BCUT2D eigenvalue weighted by atomic mass is 16.5. The summed E-state index contributed by atoms with van der Waals surface area (Å²) in [5.74, 6) is 0.563. The first-order chi connectivity index (χ1) is 12.7. The number of nitrogens with zero attached hydrogens (tertiary/aromatic N) is 5. The van der Waals surface area contributed by atoms with Gasteiger partial charge in [0.05, 0.1) is 23.1 Å². The van der Waals surface area contributed by atoms with Gasteiger partial charge in [-0.3, -0.25) is 0 Å². The van der Waals surface area contributed by atoms with Gasteiger partial charge in [-0.15, -0.1) is 0 Å². The first kappa shape index (κ1) is 16.2. The van der Waals surface area contributed by atoms with Crippen LogP contribution in [0, 0.1) is 0 Å². The smallest absolute Gasteiger partial charge is 0.223 e. The molecule has 3 aromatic heterocycles. The molecule has 0 fully saturated rings. The Morgan fingerprint density at radius 1 is 1.12 bits per heavy atom. The SMILES string of the molecule is CC(Nc1nccc(-c2cccc(-c3ccon3)n2)n1)C1C=CN(C)N1. The number of rotatable bonds is 5. The number of anilines is 1. The van der Waals surface area contributed by atoms with Crippen LogP contribution in [0.15, 0.2) is 59.6 Å². The maximum Gasteiger partial charge on any atom is 0.223 e. The number of nitrogens with one attached hydrogen (secondary N) is 2. The number of hydrogen-bond donors (Lipinski definition) is 2. The molecule has 4 heterocycles. The third-order valence-electron chi connectivity index (χ3n) is 4.13. The lowest BCUT2D eigenvalue weighted by Crippen LogP contribution is -2.42. The molecule has 2 unspecified atom stereocenters. The molecule has 0 aromatic carbocycles. The van der Waals surface area contributed by atoms with E-state index >= 15 is 0 Å². The summed E-state index contributed by atoms with van der Waals surface area (Å²) in [5, 5.41) is 9.20. The summed E-state index contributed by atoms with van der Waals surface area (Å²) in [6, 6.07) is 9.65. The Hall–Kier alpha value is -3.26. The quantitative estimate of drug-likeness (QED) is 0.725. The molecule has 2 N–H and O–H groups in total. The first-order valence-corrected chi connectivity index (χ1v) is 8.34. The van der Waals surface area contributed by atoms with Gasteiger partial charge in [0, 0.05) is 31.6 Å². The van der Waals surface area contributed by atoms with E-state index in [1.807, 2.05) is 42.5 Å². The first-order valence-electron chi connectivity index (χ1n) is 8.34. The van der Waals surface area contributed by atoms with Crippen LogP contribution in [0.1, 0.15) is 6.92 Å². The fourth-order valence-electron chi connectivity index (χ4n) is 2.75. The van der Waals surface area contributed by atoms with Gasteiger partial charge in [0.15, 0.2) is 0 Å². The Morgan fingerprint density at radius 2 is 1.92 bits per heavy atom. The van der Waals surface area contributed by atoms with Crippen LogP contribution < -0.4 is 10.7 Å². The van der Waals surface area contributed by atoms with Crippen LogP contribution in [0.5, 0.6) is 0 Å². The summed E-state index contributed by atoms with van der Waals surface area (Å²) in [5.41, 5.74) is 6.24. The minimum absolute atomic E-state index is 0.126. The van der Waals surface area contributed by atoms with Crippen LogP contribution in [-0.4, -0.2) is 44.2 Å². The van der Waals surface area contributed by atoms with E-state index in [4.69, 9.17) is 4.52 Å². The van der Waals surface area contributed by atoms with Crippen molar-refractivity contribution in [3.8, 4) is 22.8 Å². The normalized spacial score (nSPS) is 17.5. The lowest BCUT2D eigenvalue weighted by molar-refractivity contribution is 0.318. The topological polar surface area (TPSA) is 92.0 Å². The average Bonchev–Trinajstić information content (AvgIpc) is 3.34. The largest absolute Gasteiger partial charge is 0.364 e. The van der Waals surface area contributed by atoms with Gasteiger partial charge in [-0.1, -0.05) is 11.2 Å². The van der Waals surface area contributed by atoms with Gasteiger partial charge in [-0.05, 0) is 31.2 Å². The molecule has 8 nitrogen and oxygen atoms in total. The van der Waals surface area contributed by atoms with E-state index in [1.165, 1.54) is 6.26 Å². The zero-order valence-electron chi connectivity index (χ0n) is 14.5. The summed E-state index contributed by atoms with van der Waals surface area (Å²) in [7, 11) is 1.97. The summed E-state index contributed by atoms with van der Waals surface area (Å²) in [4.78, 5) is 13.5. The molecule has 0 radical (unpaired) electrons. The summed E-state index contributed by atoms with van der Waals surface area (Å²) < 4.78 is 4.89. The van der Waals surface area contributed by atoms with Crippen molar-refractivity contribution in [2.45, 2.75) is 19.0 Å². The Labute approximate surface area is 150 Å². The van der Waals surface area contributed by atoms with Crippen molar-refractivity contribution in [3.63, 3.8) is 0 Å². The fraction of sp³-hybridized carbons (Fsp3) is 0.222. The number of aromatic nitrogens is 4. The molecule has 0 saturated heterocycles. The summed E-state index contributed by atoms with van der Waals surface area (Å²) in [6.07, 6.45) is 7.36. The highest BCUT2D eigenvalue weighted by Gasteiger charge is 2.20. The van der Waals surface area contributed by atoms with Crippen LogP contribution in [-0.2, 0) is 0 Å². The molecule has 8 heteroatoms. The van der Waals surface area contributed by atoms with Crippen molar-refractivity contribution in [1.82, 2.24) is 30.5 Å². The molecule has 0 spiro atoms. The number of pyridine rings is 1. The van der Waals surface area contributed by atoms with E-state index in [0.717, 1.165) is 17.1 Å². The van der Waals surface area contributed by atoms with E-state index in [0.29, 0.717) is 11.6 Å². The number of hydrogen-bond acceptors (Lipinski definition) is 8. The standard InChI is InChI=1S/C18H19N7O/c1-12(13-7-10-25(2)23-13)20-18-19-9-6-16(22-18)14-4-3-5-15(21-14)17-8-11-26-24-17/h3-13,23H,1-2H3,(H,19,20,22). The highest BCUT2D eigenvalue weighted by molar-refractivity contribution is 5.61. The zero-order valence-corrected chi connectivity index (χ0v) is 14.5. The molecule has 1 aliphatic rings. The van der Waals surface area contributed by atoms with Gasteiger partial charge in [0.1, 0.15) is 12.0 Å². The van der Waals surface area contributed by atoms with Gasteiger partial charge in [0.25, 0.3) is 0 Å². The third-order valence-corrected chi connectivity index (χ3v) is 4.13. The van der Waals surface area contributed by atoms with Crippen molar-refractivity contribution in [1.29, 1.82) is 0 Å². The average molecular weight is 349 g/mol. The zero-order chi connectivity index (χ0) is 17.9. The van der Waals surface area contributed by atoms with Gasteiger partial charge in [-0.25, -0.2) is 20.4 Å². The van der Waals surface area contributed by atoms with Crippen LogP contribution in [0.3, 0.4) is 0 Å². The lowest BCUT2D eigenvalue weighted by atomic mass is 10.1. The molecule has 0 amide bonds. The predicted octanol–water partition coefficient (Wildman–Crippen LogP) is 2.33. The number of hydrazine groups is 1. The Kier molecular flexibility index (Phi) is 4.32. The minimum Gasteiger partial charge on any atom is -0.364 e. The lowest BCUT2D eigenvalue weighted by Gasteiger charge is -2.22.